The van der Waals surface area contributed by atoms with Crippen molar-refractivity contribution in [2.75, 3.05) is 0 Å². The maximum absolute atomic E-state index is 5.53. The third-order valence-electron chi connectivity index (χ3n) is 10.8. The van der Waals surface area contributed by atoms with Gasteiger partial charge in [0.05, 0.1) is 22.2 Å². The lowest BCUT2D eigenvalue weighted by Crippen LogP contribution is -2.00. The Morgan fingerprint density at radius 1 is 0.298 bits per heavy atom. The second-order valence-electron chi connectivity index (χ2n) is 14.2. The molecule has 0 amide bonds. The van der Waals surface area contributed by atoms with Gasteiger partial charge < -0.3 is 4.57 Å². The van der Waals surface area contributed by atoms with Crippen LogP contribution in [0.25, 0.3) is 106 Å². The van der Waals surface area contributed by atoms with Crippen LogP contribution < -0.4 is 0 Å². The first-order valence-electron chi connectivity index (χ1n) is 19.2. The van der Waals surface area contributed by atoms with Crippen molar-refractivity contribution in [2.45, 2.75) is 0 Å². The third kappa shape index (κ3) is 5.56. The lowest BCUT2D eigenvalue weighted by atomic mass is 9.93. The maximum Gasteiger partial charge on any atom is 0.164 e. The molecule has 57 heavy (non-hydrogen) atoms. The van der Waals surface area contributed by atoms with Gasteiger partial charge in [-0.15, -0.1) is 0 Å². The van der Waals surface area contributed by atoms with Crippen molar-refractivity contribution in [1.29, 1.82) is 0 Å². The van der Waals surface area contributed by atoms with Crippen molar-refractivity contribution < 1.29 is 0 Å². The first kappa shape index (κ1) is 32.7. The third-order valence-corrected chi connectivity index (χ3v) is 10.8. The molecule has 0 N–H and O–H groups in total. The van der Waals surface area contributed by atoms with Crippen LogP contribution in [0.3, 0.4) is 0 Å². The first-order valence-corrected chi connectivity index (χ1v) is 19.2. The minimum absolute atomic E-state index is 0.625. The van der Waals surface area contributed by atoms with Gasteiger partial charge in [0.15, 0.2) is 17.5 Å². The van der Waals surface area contributed by atoms with Crippen LogP contribution in [0.1, 0.15) is 0 Å². The zero-order valence-electron chi connectivity index (χ0n) is 30.8. The zero-order chi connectivity index (χ0) is 37.7. The van der Waals surface area contributed by atoms with Gasteiger partial charge in [-0.25, -0.2) is 19.9 Å². The van der Waals surface area contributed by atoms with E-state index in [2.05, 4.69) is 144 Å². The molecule has 5 heteroatoms. The van der Waals surface area contributed by atoms with E-state index in [1.807, 2.05) is 60.7 Å². The van der Waals surface area contributed by atoms with Crippen LogP contribution in [0, 0.1) is 0 Å². The highest BCUT2D eigenvalue weighted by Gasteiger charge is 2.21. The average molecular weight is 728 g/mol. The van der Waals surface area contributed by atoms with E-state index in [1.54, 1.807) is 0 Å². The summed E-state index contributed by atoms with van der Waals surface area (Å²) in [5, 5.41) is 5.88. The SMILES string of the molecule is c1ccc(-c2nc(-c3ccccc3)nc(-c3ccc(-c4cccc5c4nc(-c4ccccc4)c4ccc6c(c7ccccc7n6-c6ccccc6)c45)cc3)n2)cc1. The van der Waals surface area contributed by atoms with E-state index in [0.717, 1.165) is 61.1 Å². The molecule has 0 fully saturated rings. The van der Waals surface area contributed by atoms with Gasteiger partial charge in [-0.05, 0) is 29.8 Å². The summed E-state index contributed by atoms with van der Waals surface area (Å²) in [5.74, 6) is 1.91. The fourth-order valence-corrected chi connectivity index (χ4v) is 8.22. The first-order chi connectivity index (χ1) is 28.3. The maximum atomic E-state index is 5.53. The van der Waals surface area contributed by atoms with Crippen molar-refractivity contribution in [3.8, 4) is 62.2 Å². The van der Waals surface area contributed by atoms with Gasteiger partial charge in [-0.3, -0.25) is 0 Å². The number of nitrogens with zero attached hydrogens (tertiary/aromatic N) is 5. The molecule has 8 aromatic carbocycles. The summed E-state index contributed by atoms with van der Waals surface area (Å²) in [7, 11) is 0. The number of para-hydroxylation sites is 3. The second kappa shape index (κ2) is 13.5. The summed E-state index contributed by atoms with van der Waals surface area (Å²) >= 11 is 0. The molecule has 0 unspecified atom stereocenters. The van der Waals surface area contributed by atoms with Crippen LogP contribution in [-0.4, -0.2) is 24.5 Å². The summed E-state index contributed by atoms with van der Waals surface area (Å²) in [4.78, 5) is 20.4. The number of hydrogen-bond acceptors (Lipinski definition) is 4. The molecule has 0 saturated heterocycles. The van der Waals surface area contributed by atoms with Gasteiger partial charge in [-0.1, -0.05) is 176 Å². The fraction of sp³-hybridized carbons (Fsp3) is 0. The van der Waals surface area contributed by atoms with Gasteiger partial charge in [0.1, 0.15) is 0 Å². The molecule has 11 rings (SSSR count). The summed E-state index contributed by atoms with van der Waals surface area (Å²) < 4.78 is 2.38. The van der Waals surface area contributed by atoms with Crippen molar-refractivity contribution in [2.24, 2.45) is 0 Å². The standard InChI is InChI=1S/C52H33N5/c1-5-16-35(17-6-1)48-43-32-33-45-47(41-24-13-14-27-44(41)57(45)39-22-11-4-12-23-39)46(43)42-26-15-25-40(49(42)53-48)34-28-30-38(31-29-34)52-55-50(36-18-7-2-8-19-36)54-51(56-52)37-20-9-3-10-21-37/h1-33H. The Bertz CT molecular complexity index is 3190. The smallest absolute Gasteiger partial charge is 0.164 e. The molecule has 3 heterocycles. The van der Waals surface area contributed by atoms with E-state index in [4.69, 9.17) is 19.9 Å². The Labute approximate surface area is 329 Å². The summed E-state index contributed by atoms with van der Waals surface area (Å²) in [6.07, 6.45) is 0. The Morgan fingerprint density at radius 2 is 0.807 bits per heavy atom. The van der Waals surface area contributed by atoms with Crippen molar-refractivity contribution >= 4 is 43.5 Å². The molecular weight excluding hydrogens is 695 g/mol. The van der Waals surface area contributed by atoms with Crippen LogP contribution in [0.15, 0.2) is 200 Å². The molecule has 266 valence electrons. The lowest BCUT2D eigenvalue weighted by Gasteiger charge is -2.15. The lowest BCUT2D eigenvalue weighted by molar-refractivity contribution is 1.07. The van der Waals surface area contributed by atoms with Crippen molar-refractivity contribution in [1.82, 2.24) is 24.5 Å². The van der Waals surface area contributed by atoms with Gasteiger partial charge in [0.25, 0.3) is 0 Å². The number of rotatable bonds is 6. The number of hydrogen-bond donors (Lipinski definition) is 0. The largest absolute Gasteiger partial charge is 0.309 e. The highest BCUT2D eigenvalue weighted by Crippen LogP contribution is 2.44. The van der Waals surface area contributed by atoms with Crippen LogP contribution in [0.2, 0.25) is 0 Å². The number of fused-ring (bicyclic) bond motifs is 7. The van der Waals surface area contributed by atoms with E-state index >= 15 is 0 Å². The topological polar surface area (TPSA) is 56.5 Å². The summed E-state index contributed by atoms with van der Waals surface area (Å²) in [5.41, 5.74) is 11.4. The molecule has 0 saturated carbocycles. The van der Waals surface area contributed by atoms with E-state index in [1.165, 1.54) is 27.2 Å². The fourth-order valence-electron chi connectivity index (χ4n) is 8.22. The number of pyridine rings is 1. The Balaban J connectivity index is 1.13. The monoisotopic (exact) mass is 727 g/mol. The molecule has 0 spiro atoms. The predicted molar refractivity (Wildman–Crippen MR) is 234 cm³/mol. The van der Waals surface area contributed by atoms with E-state index in [9.17, 15) is 0 Å². The number of aromatic nitrogens is 5. The minimum atomic E-state index is 0.625. The molecule has 5 nitrogen and oxygen atoms in total. The molecule has 3 aromatic heterocycles. The van der Waals surface area contributed by atoms with Crippen molar-refractivity contribution in [3.05, 3.63) is 200 Å². The predicted octanol–water partition coefficient (Wildman–Crippen LogP) is 13.0. The molecule has 0 aliphatic rings. The van der Waals surface area contributed by atoms with Gasteiger partial charge in [0.2, 0.25) is 0 Å². The molecule has 0 aliphatic carbocycles. The average Bonchev–Trinajstić information content (AvgIpc) is 3.64. The normalized spacial score (nSPS) is 11.5. The van der Waals surface area contributed by atoms with Gasteiger partial charge in [0, 0.05) is 60.4 Å². The van der Waals surface area contributed by atoms with Crippen molar-refractivity contribution in [3.63, 3.8) is 0 Å². The molecular formula is C52H33N5. The minimum Gasteiger partial charge on any atom is -0.309 e. The van der Waals surface area contributed by atoms with E-state index < -0.39 is 0 Å². The summed E-state index contributed by atoms with van der Waals surface area (Å²) in [6, 6.07) is 69.7. The van der Waals surface area contributed by atoms with Crippen LogP contribution in [-0.2, 0) is 0 Å². The second-order valence-corrected chi connectivity index (χ2v) is 14.2. The number of benzene rings is 8. The highest BCUT2D eigenvalue weighted by atomic mass is 15.0. The van der Waals surface area contributed by atoms with Crippen LogP contribution in [0.4, 0.5) is 0 Å². The quantitative estimate of drug-likeness (QED) is 0.160. The Kier molecular flexibility index (Phi) is 7.74. The molecule has 0 aliphatic heterocycles. The Morgan fingerprint density at radius 3 is 1.44 bits per heavy atom. The molecule has 11 aromatic rings. The Hall–Kier alpha value is -7.76. The van der Waals surface area contributed by atoms with E-state index in [0.29, 0.717) is 17.5 Å². The molecule has 0 bridgehead atoms. The van der Waals surface area contributed by atoms with Gasteiger partial charge >= 0.3 is 0 Å². The molecule has 0 radical (unpaired) electrons. The van der Waals surface area contributed by atoms with Crippen LogP contribution >= 0.6 is 0 Å². The highest BCUT2D eigenvalue weighted by molar-refractivity contribution is 6.30. The zero-order valence-corrected chi connectivity index (χ0v) is 30.8. The summed E-state index contributed by atoms with van der Waals surface area (Å²) in [6.45, 7) is 0. The van der Waals surface area contributed by atoms with Gasteiger partial charge in [-0.2, -0.15) is 0 Å². The van der Waals surface area contributed by atoms with Crippen LogP contribution in [0.5, 0.6) is 0 Å². The molecule has 0 atom stereocenters. The van der Waals surface area contributed by atoms with E-state index in [-0.39, 0.29) is 0 Å².